The van der Waals surface area contributed by atoms with Crippen molar-refractivity contribution in [2.45, 2.75) is 47.6 Å². The maximum atomic E-state index is 13.3. The molecule has 0 radical (unpaired) electrons. The van der Waals surface area contributed by atoms with Gasteiger partial charge in [-0.05, 0) is 84.6 Å². The molecule has 0 spiro atoms. The van der Waals surface area contributed by atoms with Gasteiger partial charge in [0, 0.05) is 83.5 Å². The summed E-state index contributed by atoms with van der Waals surface area (Å²) in [4.78, 5) is 52.5. The van der Waals surface area contributed by atoms with Crippen LogP contribution >= 0.6 is 23.4 Å². The van der Waals surface area contributed by atoms with Crippen LogP contribution in [0, 0.1) is 10.1 Å². The summed E-state index contributed by atoms with van der Waals surface area (Å²) in [6.07, 6.45) is -6.73. The van der Waals surface area contributed by atoms with Crippen LogP contribution in [0.4, 0.5) is 43.4 Å². The standard InChI is InChI=1S/C39H37ClN6O5S2.2C2HF3O2/c40-31-12-8-27(9-13-31)38-30(5-4-18-42-38)25-44-20-21-45-32(26-44)14-10-28-23-29(11-17-36(28)45)39(47)43-53(50,51)34-15-16-35(37(24-34)46(48)49)41-19-22-52-33-6-2-1-3-7-33;2*3-2(4,5)1(6)7/h1-9,11-13,15-18,23-24,32,41H,10,14,19-22,25-26H2,(H,43,47);2*(H,6,7)/t32-;;/m0../s1. The van der Waals surface area contributed by atoms with Crippen molar-refractivity contribution in [2.75, 3.05) is 42.1 Å². The van der Waals surface area contributed by atoms with Gasteiger partial charge in [0.2, 0.25) is 0 Å². The molecule has 1 fully saturated rings. The number of thioether (sulfide) groups is 1. The molecule has 2 aliphatic rings. The first-order valence-electron chi connectivity index (χ1n) is 19.7. The van der Waals surface area contributed by atoms with E-state index in [1.165, 1.54) is 12.1 Å². The zero-order chi connectivity index (χ0) is 49.1. The van der Waals surface area contributed by atoms with Crippen molar-refractivity contribution in [3.63, 3.8) is 0 Å². The number of sulfonamides is 1. The molecular formula is C43H39ClF6N6O9S2. The van der Waals surface area contributed by atoms with Crippen molar-refractivity contribution < 1.29 is 64.3 Å². The number of benzene rings is 4. The van der Waals surface area contributed by atoms with Gasteiger partial charge in [0.25, 0.3) is 21.6 Å². The Balaban J connectivity index is 0.000000522. The number of carbonyl (C=O) groups is 3. The third-order valence-electron chi connectivity index (χ3n) is 9.99. The molecule has 5 aromatic rings. The molecule has 1 atom stereocenters. The summed E-state index contributed by atoms with van der Waals surface area (Å²) in [6, 6.07) is 30.7. The first-order chi connectivity index (χ1) is 31.5. The number of nitro groups is 1. The molecule has 24 heteroatoms. The van der Waals surface area contributed by atoms with Gasteiger partial charge in [-0.2, -0.15) is 26.3 Å². The number of carboxylic acids is 2. The first kappa shape index (κ1) is 51.6. The van der Waals surface area contributed by atoms with Crippen molar-refractivity contribution in [3.05, 3.63) is 141 Å². The van der Waals surface area contributed by atoms with Crippen LogP contribution in [0.5, 0.6) is 0 Å². The molecule has 0 bridgehead atoms. The zero-order valence-corrected chi connectivity index (χ0v) is 37.0. The molecule has 4 N–H and O–H groups in total. The van der Waals surface area contributed by atoms with Crippen LogP contribution in [-0.4, -0.2) is 102 Å². The third kappa shape index (κ3) is 14.5. The lowest BCUT2D eigenvalue weighted by Crippen LogP contribution is -2.54. The quantitative estimate of drug-likeness (QED) is 0.0303. The second-order valence-corrected chi connectivity index (χ2v) is 17.8. The lowest BCUT2D eigenvalue weighted by Gasteiger charge is -2.46. The highest BCUT2D eigenvalue weighted by atomic mass is 35.5. The number of aliphatic carboxylic acids is 2. The normalized spacial score (nSPS) is 14.7. The molecular weight excluding hydrogens is 958 g/mol. The van der Waals surface area contributed by atoms with Crippen LogP contribution in [-0.2, 0) is 32.6 Å². The van der Waals surface area contributed by atoms with Gasteiger partial charge in [-0.25, -0.2) is 22.7 Å². The van der Waals surface area contributed by atoms with Crippen LogP contribution in [0.15, 0.2) is 119 Å². The average molecular weight is 997 g/mol. The Morgan fingerprint density at radius 1 is 0.881 bits per heavy atom. The van der Waals surface area contributed by atoms with Crippen molar-refractivity contribution >= 4 is 68.3 Å². The smallest absolute Gasteiger partial charge is 0.475 e. The number of nitro benzene ring substituents is 1. The highest BCUT2D eigenvalue weighted by Crippen LogP contribution is 2.35. The number of piperazine rings is 1. The fraction of sp³-hybridized carbons (Fsp3) is 0.256. The summed E-state index contributed by atoms with van der Waals surface area (Å²) in [7, 11) is -4.40. The van der Waals surface area contributed by atoms with Crippen LogP contribution < -0.4 is 14.9 Å². The second kappa shape index (κ2) is 22.4. The predicted octanol–water partition coefficient (Wildman–Crippen LogP) is 8.54. The fourth-order valence-corrected chi connectivity index (χ4v) is 8.83. The van der Waals surface area contributed by atoms with E-state index in [4.69, 9.17) is 31.4 Å². The molecule has 7 rings (SSSR count). The van der Waals surface area contributed by atoms with Gasteiger partial charge in [-0.3, -0.25) is 24.8 Å². The molecule has 0 unspecified atom stereocenters. The lowest BCUT2D eigenvalue weighted by atomic mass is 9.92. The van der Waals surface area contributed by atoms with Crippen molar-refractivity contribution in [1.29, 1.82) is 0 Å². The van der Waals surface area contributed by atoms with E-state index in [0.29, 0.717) is 23.4 Å². The van der Waals surface area contributed by atoms with Gasteiger partial charge in [-0.15, -0.1) is 11.8 Å². The Bertz CT molecular complexity index is 2660. The topological polar surface area (TPSA) is 212 Å². The molecule has 1 saturated heterocycles. The highest BCUT2D eigenvalue weighted by molar-refractivity contribution is 7.99. The van der Waals surface area contributed by atoms with Gasteiger partial charge in [0.15, 0.2) is 0 Å². The number of hydrogen-bond acceptors (Lipinski definition) is 12. The summed E-state index contributed by atoms with van der Waals surface area (Å²) in [5.74, 6) is -5.66. The zero-order valence-electron chi connectivity index (χ0n) is 34.6. The molecule has 0 aliphatic carbocycles. The van der Waals surface area contributed by atoms with E-state index in [9.17, 15) is 49.7 Å². The number of pyridine rings is 1. The number of alkyl halides is 6. The van der Waals surface area contributed by atoms with E-state index in [-0.39, 0.29) is 16.1 Å². The van der Waals surface area contributed by atoms with E-state index in [1.807, 2.05) is 72.9 Å². The van der Waals surface area contributed by atoms with Gasteiger partial charge < -0.3 is 20.4 Å². The Kier molecular flexibility index (Phi) is 17.2. The third-order valence-corrected chi connectivity index (χ3v) is 12.6. The number of nitrogens with one attached hydrogen (secondary N) is 2. The highest BCUT2D eigenvalue weighted by Gasteiger charge is 2.39. The Morgan fingerprint density at radius 3 is 2.16 bits per heavy atom. The Morgan fingerprint density at radius 2 is 1.54 bits per heavy atom. The second-order valence-electron chi connectivity index (χ2n) is 14.5. The number of carbonyl (C=O) groups excluding carboxylic acids is 1. The van der Waals surface area contributed by atoms with Crippen LogP contribution in [0.25, 0.3) is 11.3 Å². The van der Waals surface area contributed by atoms with E-state index >= 15 is 0 Å². The average Bonchev–Trinajstić information content (AvgIpc) is 3.28. The molecule has 356 valence electrons. The monoisotopic (exact) mass is 996 g/mol. The summed E-state index contributed by atoms with van der Waals surface area (Å²) < 4.78 is 92.1. The van der Waals surface area contributed by atoms with Crippen molar-refractivity contribution in [3.8, 4) is 11.3 Å². The maximum absolute atomic E-state index is 13.3. The number of aromatic nitrogens is 1. The number of rotatable bonds is 12. The van der Waals surface area contributed by atoms with Gasteiger partial charge >= 0.3 is 24.3 Å². The van der Waals surface area contributed by atoms with E-state index in [0.717, 1.165) is 78.1 Å². The molecule has 3 heterocycles. The molecule has 0 saturated carbocycles. The van der Waals surface area contributed by atoms with Gasteiger partial charge in [-0.1, -0.05) is 48.0 Å². The molecule has 67 heavy (non-hydrogen) atoms. The molecule has 1 amide bonds. The SMILES string of the molecule is O=C(NS(=O)(=O)c1ccc(NCCSc2ccccc2)c([N+](=O)[O-])c1)c1ccc2c(c1)CC[C@H]1CN(Cc3cccnc3-c3ccc(Cl)cc3)CCN21.O=C(O)C(F)(F)F.O=C(O)C(F)(F)F. The number of carboxylic acid groups (broad SMARTS) is 2. The molecule has 1 aromatic heterocycles. The number of nitrogens with zero attached hydrogens (tertiary/aromatic N) is 4. The number of amides is 1. The molecule has 2 aliphatic heterocycles. The maximum Gasteiger partial charge on any atom is 0.490 e. The number of fused-ring (bicyclic) bond motifs is 3. The number of hydrogen-bond donors (Lipinski definition) is 4. The molecule has 4 aromatic carbocycles. The van der Waals surface area contributed by atoms with Gasteiger partial charge in [0.05, 0.1) is 15.5 Å². The number of aryl methyl sites for hydroxylation is 1. The number of anilines is 2. The van der Waals surface area contributed by atoms with Crippen molar-refractivity contribution in [1.82, 2.24) is 14.6 Å². The molecule has 15 nitrogen and oxygen atoms in total. The largest absolute Gasteiger partial charge is 0.490 e. The summed E-state index contributed by atoms with van der Waals surface area (Å²) in [6.45, 7) is 3.73. The Hall–Kier alpha value is -6.43. The summed E-state index contributed by atoms with van der Waals surface area (Å²) >= 11 is 7.71. The van der Waals surface area contributed by atoms with Crippen LogP contribution in [0.1, 0.15) is 27.9 Å². The summed E-state index contributed by atoms with van der Waals surface area (Å²) in [5.41, 5.74) is 5.17. The van der Waals surface area contributed by atoms with E-state index in [2.05, 4.69) is 30.9 Å². The lowest BCUT2D eigenvalue weighted by molar-refractivity contribution is -0.384. The Labute approximate surface area is 388 Å². The van der Waals surface area contributed by atoms with Crippen LogP contribution in [0.3, 0.4) is 0 Å². The van der Waals surface area contributed by atoms with Crippen molar-refractivity contribution in [2.24, 2.45) is 0 Å². The van der Waals surface area contributed by atoms with Crippen LogP contribution in [0.2, 0.25) is 5.02 Å². The minimum atomic E-state index is -5.08. The fourth-order valence-electron chi connectivity index (χ4n) is 6.92. The van der Waals surface area contributed by atoms with E-state index < -0.39 is 50.8 Å². The minimum Gasteiger partial charge on any atom is -0.475 e. The van der Waals surface area contributed by atoms with E-state index in [1.54, 1.807) is 23.9 Å². The van der Waals surface area contributed by atoms with Gasteiger partial charge in [0.1, 0.15) is 5.69 Å². The number of halogens is 7. The first-order valence-corrected chi connectivity index (χ1v) is 22.6. The summed E-state index contributed by atoms with van der Waals surface area (Å²) in [5, 5.41) is 29.8. The minimum absolute atomic E-state index is 0.197. The predicted molar refractivity (Wildman–Crippen MR) is 237 cm³/mol.